The largest absolute Gasteiger partial charge is 0.404 e. The number of halogens is 1. The van der Waals surface area contributed by atoms with Gasteiger partial charge in [-0.15, -0.1) is 0 Å². The molecule has 1 aliphatic carbocycles. The first-order valence-corrected chi connectivity index (χ1v) is 5.54. The van der Waals surface area contributed by atoms with Gasteiger partial charge in [-0.05, 0) is 61.7 Å². The van der Waals surface area contributed by atoms with E-state index in [0.29, 0.717) is 0 Å². The highest BCUT2D eigenvalue weighted by atomic mass is 19.1. The maximum absolute atomic E-state index is 12.7. The van der Waals surface area contributed by atoms with Gasteiger partial charge in [-0.25, -0.2) is 4.39 Å². The van der Waals surface area contributed by atoms with Crippen molar-refractivity contribution in [1.82, 2.24) is 0 Å². The zero-order valence-electron chi connectivity index (χ0n) is 9.12. The number of rotatable bonds is 1. The SMILES string of the molecule is NC=C1CCCCC1=Nc1ccc(F)cc1. The Labute approximate surface area is 94.7 Å². The van der Waals surface area contributed by atoms with E-state index in [0.717, 1.165) is 36.2 Å². The molecule has 1 saturated carbocycles. The first kappa shape index (κ1) is 10.9. The van der Waals surface area contributed by atoms with E-state index in [1.165, 1.54) is 18.6 Å². The number of benzene rings is 1. The minimum absolute atomic E-state index is 0.234. The van der Waals surface area contributed by atoms with Crippen LogP contribution < -0.4 is 5.73 Å². The fourth-order valence-corrected chi connectivity index (χ4v) is 1.89. The van der Waals surface area contributed by atoms with E-state index in [-0.39, 0.29) is 5.82 Å². The summed E-state index contributed by atoms with van der Waals surface area (Å²) >= 11 is 0. The highest BCUT2D eigenvalue weighted by Crippen LogP contribution is 2.23. The Morgan fingerprint density at radius 1 is 1.12 bits per heavy atom. The molecule has 2 nitrogen and oxygen atoms in total. The molecule has 0 atom stereocenters. The maximum Gasteiger partial charge on any atom is 0.123 e. The quantitative estimate of drug-likeness (QED) is 0.771. The van der Waals surface area contributed by atoms with Gasteiger partial charge in [0, 0.05) is 5.71 Å². The molecule has 16 heavy (non-hydrogen) atoms. The van der Waals surface area contributed by atoms with Crippen molar-refractivity contribution in [3.05, 3.63) is 41.9 Å². The van der Waals surface area contributed by atoms with Crippen molar-refractivity contribution < 1.29 is 4.39 Å². The molecule has 0 saturated heterocycles. The van der Waals surface area contributed by atoms with Gasteiger partial charge in [0.2, 0.25) is 0 Å². The van der Waals surface area contributed by atoms with E-state index < -0.39 is 0 Å². The third-order valence-corrected chi connectivity index (χ3v) is 2.77. The van der Waals surface area contributed by atoms with Gasteiger partial charge < -0.3 is 5.73 Å². The zero-order chi connectivity index (χ0) is 11.4. The zero-order valence-corrected chi connectivity index (χ0v) is 9.12. The van der Waals surface area contributed by atoms with Crippen molar-refractivity contribution in [2.24, 2.45) is 10.7 Å². The Balaban J connectivity index is 2.25. The Bertz CT molecular complexity index is 418. The first-order valence-electron chi connectivity index (χ1n) is 5.54. The summed E-state index contributed by atoms with van der Waals surface area (Å²) in [6, 6.07) is 6.22. The molecule has 0 heterocycles. The number of hydrogen-bond donors (Lipinski definition) is 1. The van der Waals surface area contributed by atoms with Crippen molar-refractivity contribution in [3.63, 3.8) is 0 Å². The highest BCUT2D eigenvalue weighted by molar-refractivity contribution is 6.02. The van der Waals surface area contributed by atoms with Gasteiger partial charge >= 0.3 is 0 Å². The number of allylic oxidation sites excluding steroid dienone is 1. The Morgan fingerprint density at radius 3 is 2.50 bits per heavy atom. The van der Waals surface area contributed by atoms with Crippen LogP contribution in [0.1, 0.15) is 25.7 Å². The van der Waals surface area contributed by atoms with Crippen LogP contribution in [0.2, 0.25) is 0 Å². The molecule has 0 bridgehead atoms. The number of hydrogen-bond acceptors (Lipinski definition) is 2. The average Bonchev–Trinajstić information content (AvgIpc) is 2.33. The van der Waals surface area contributed by atoms with E-state index >= 15 is 0 Å². The summed E-state index contributed by atoms with van der Waals surface area (Å²) in [5.41, 5.74) is 8.52. The van der Waals surface area contributed by atoms with Crippen LogP contribution in [-0.2, 0) is 0 Å². The fraction of sp³-hybridized carbons (Fsp3) is 0.308. The molecule has 1 fully saturated rings. The second-order valence-corrected chi connectivity index (χ2v) is 3.93. The van der Waals surface area contributed by atoms with Crippen LogP contribution in [0.3, 0.4) is 0 Å². The van der Waals surface area contributed by atoms with Gasteiger partial charge in [0.1, 0.15) is 5.82 Å². The molecular weight excluding hydrogens is 203 g/mol. The standard InChI is InChI=1S/C13H15FN2/c14-11-5-7-12(8-6-11)16-13-4-2-1-3-10(13)9-15/h5-9H,1-4,15H2. The summed E-state index contributed by atoms with van der Waals surface area (Å²) in [4.78, 5) is 4.51. The van der Waals surface area contributed by atoms with E-state index in [2.05, 4.69) is 4.99 Å². The average molecular weight is 218 g/mol. The molecule has 2 N–H and O–H groups in total. The second kappa shape index (κ2) is 4.92. The molecule has 1 aromatic rings. The van der Waals surface area contributed by atoms with Crippen LogP contribution >= 0.6 is 0 Å². The van der Waals surface area contributed by atoms with E-state index in [9.17, 15) is 4.39 Å². The molecule has 0 aliphatic heterocycles. The molecule has 1 aromatic carbocycles. The molecule has 0 unspecified atom stereocenters. The normalized spacial score (nSPS) is 21.6. The predicted molar refractivity (Wildman–Crippen MR) is 64.2 cm³/mol. The van der Waals surface area contributed by atoms with Crippen LogP contribution in [0.5, 0.6) is 0 Å². The van der Waals surface area contributed by atoms with Crippen molar-refractivity contribution in [2.75, 3.05) is 0 Å². The van der Waals surface area contributed by atoms with Gasteiger partial charge in [0.25, 0.3) is 0 Å². The van der Waals surface area contributed by atoms with Crippen LogP contribution in [0.15, 0.2) is 41.0 Å². The second-order valence-electron chi connectivity index (χ2n) is 3.93. The lowest BCUT2D eigenvalue weighted by molar-refractivity contribution is 0.628. The maximum atomic E-state index is 12.7. The lowest BCUT2D eigenvalue weighted by Crippen LogP contribution is -2.10. The van der Waals surface area contributed by atoms with Gasteiger partial charge in [-0.2, -0.15) is 0 Å². The van der Waals surface area contributed by atoms with E-state index in [1.54, 1.807) is 18.3 Å². The molecular formula is C13H15FN2. The molecule has 0 aromatic heterocycles. The molecule has 0 radical (unpaired) electrons. The summed E-state index contributed by atoms with van der Waals surface area (Å²) in [5.74, 6) is -0.234. The summed E-state index contributed by atoms with van der Waals surface area (Å²) in [6.07, 6.45) is 5.92. The molecule has 2 rings (SSSR count). The van der Waals surface area contributed by atoms with Crippen LogP contribution in [-0.4, -0.2) is 5.71 Å². The lowest BCUT2D eigenvalue weighted by atomic mass is 9.93. The van der Waals surface area contributed by atoms with Gasteiger partial charge in [-0.1, -0.05) is 0 Å². The van der Waals surface area contributed by atoms with Crippen molar-refractivity contribution in [3.8, 4) is 0 Å². The third kappa shape index (κ3) is 2.48. The first-order chi connectivity index (χ1) is 7.79. The Morgan fingerprint density at radius 2 is 1.81 bits per heavy atom. The van der Waals surface area contributed by atoms with Crippen LogP contribution in [0.4, 0.5) is 10.1 Å². The minimum atomic E-state index is -0.234. The molecule has 1 aliphatic rings. The summed E-state index contributed by atoms with van der Waals surface area (Å²) in [6.45, 7) is 0. The number of nitrogens with two attached hydrogens (primary N) is 1. The Kier molecular flexibility index (Phi) is 3.34. The van der Waals surface area contributed by atoms with Gasteiger partial charge in [0.15, 0.2) is 0 Å². The molecule has 0 spiro atoms. The molecule has 3 heteroatoms. The van der Waals surface area contributed by atoms with Gasteiger partial charge in [0.05, 0.1) is 5.69 Å². The van der Waals surface area contributed by atoms with Crippen LogP contribution in [0, 0.1) is 5.82 Å². The van der Waals surface area contributed by atoms with Crippen molar-refractivity contribution in [1.29, 1.82) is 0 Å². The lowest BCUT2D eigenvalue weighted by Gasteiger charge is -2.16. The predicted octanol–water partition coefficient (Wildman–Crippen LogP) is 3.31. The summed E-state index contributed by atoms with van der Waals surface area (Å²) in [5, 5.41) is 0. The van der Waals surface area contributed by atoms with Crippen molar-refractivity contribution >= 4 is 11.4 Å². The smallest absolute Gasteiger partial charge is 0.123 e. The number of nitrogens with zero attached hydrogens (tertiary/aromatic N) is 1. The topological polar surface area (TPSA) is 38.4 Å². The van der Waals surface area contributed by atoms with E-state index in [1.807, 2.05) is 0 Å². The minimum Gasteiger partial charge on any atom is -0.404 e. The summed E-state index contributed by atoms with van der Waals surface area (Å²) in [7, 11) is 0. The number of aliphatic imine (C=N–C) groups is 1. The van der Waals surface area contributed by atoms with E-state index in [4.69, 9.17) is 5.73 Å². The molecule has 0 amide bonds. The fourth-order valence-electron chi connectivity index (χ4n) is 1.89. The third-order valence-electron chi connectivity index (χ3n) is 2.77. The molecule has 84 valence electrons. The summed E-state index contributed by atoms with van der Waals surface area (Å²) < 4.78 is 12.7. The van der Waals surface area contributed by atoms with Gasteiger partial charge in [-0.3, -0.25) is 4.99 Å². The Hall–Kier alpha value is -1.64. The van der Waals surface area contributed by atoms with Crippen LogP contribution in [0.25, 0.3) is 0 Å². The van der Waals surface area contributed by atoms with Crippen molar-refractivity contribution in [2.45, 2.75) is 25.7 Å². The monoisotopic (exact) mass is 218 g/mol. The highest BCUT2D eigenvalue weighted by Gasteiger charge is 2.12.